The van der Waals surface area contributed by atoms with Crippen LogP contribution in [0.4, 0.5) is 13.2 Å². The van der Waals surface area contributed by atoms with Crippen molar-refractivity contribution in [3.05, 3.63) is 71.1 Å². The second kappa shape index (κ2) is 8.14. The molecule has 1 aliphatic heterocycles. The van der Waals surface area contributed by atoms with Crippen molar-refractivity contribution >= 4 is 24.0 Å². The van der Waals surface area contributed by atoms with Gasteiger partial charge in [0, 0.05) is 35.2 Å². The first-order valence-corrected chi connectivity index (χ1v) is 14.1. The lowest BCUT2D eigenvalue weighted by Gasteiger charge is -2.23. The second-order valence-electron chi connectivity index (χ2n) is 9.59. The number of carbonyl (C=O) groups excluding carboxylic acids is 1. The Morgan fingerprint density at radius 2 is 1.92 bits per heavy atom. The third-order valence-corrected chi connectivity index (χ3v) is 8.36. The van der Waals surface area contributed by atoms with Gasteiger partial charge in [-0.15, -0.1) is 0 Å². The summed E-state index contributed by atoms with van der Waals surface area (Å²) in [5.74, 6) is -1.47. The summed E-state index contributed by atoms with van der Waals surface area (Å²) in [4.78, 5) is 23.3. The molecule has 0 N–H and O–H groups in total. The quantitative estimate of drug-likeness (QED) is 0.365. The molecule has 3 aromatic heterocycles. The molecule has 0 saturated heterocycles. The zero-order valence-corrected chi connectivity index (χ0v) is 20.9. The van der Waals surface area contributed by atoms with Gasteiger partial charge in [0.2, 0.25) is 0 Å². The Labute approximate surface area is 209 Å². The van der Waals surface area contributed by atoms with E-state index in [-0.39, 0.29) is 28.5 Å². The average Bonchev–Trinajstić information content (AvgIpc) is 3.35. The van der Waals surface area contributed by atoms with Gasteiger partial charge in [0.05, 0.1) is 41.5 Å². The van der Waals surface area contributed by atoms with Crippen LogP contribution in [0.1, 0.15) is 45.6 Å². The highest BCUT2D eigenvalue weighted by Gasteiger charge is 2.46. The fourth-order valence-corrected chi connectivity index (χ4v) is 5.99. The molecule has 0 fully saturated rings. The van der Waals surface area contributed by atoms with E-state index in [0.29, 0.717) is 34.2 Å². The molecule has 2 aliphatic rings. The van der Waals surface area contributed by atoms with Crippen molar-refractivity contribution in [3.63, 3.8) is 0 Å². The van der Waals surface area contributed by atoms with Crippen molar-refractivity contribution in [1.29, 1.82) is 0 Å². The minimum Gasteiger partial charge on any atom is -0.434 e. The van der Waals surface area contributed by atoms with Gasteiger partial charge in [-0.05, 0) is 37.9 Å². The van der Waals surface area contributed by atoms with Crippen LogP contribution in [-0.4, -0.2) is 57.4 Å². The van der Waals surface area contributed by atoms with Crippen LogP contribution >= 0.6 is 7.14 Å². The van der Waals surface area contributed by atoms with Gasteiger partial charge in [-0.3, -0.25) is 9.78 Å². The SMILES string of the molecule is CN1C(=O)c2cccc(OC(F)F)c2[C@H]2C[C@@H]1c1nn3cc(F)c(-c4cnc(P(C)(C)=O)cn4)cc3c12. The molecule has 1 aromatic carbocycles. The molecule has 4 heterocycles. The largest absolute Gasteiger partial charge is 0.434 e. The standard InChI is InChI=1S/C25H21F3N5O3P/c1-32-18-8-14(21-12(24(32)34)5-4-6-19(21)36-25(27)28)22-17-7-13(15(26)11-33(17)31-23(18)22)16-9-30-20(10-29-16)37(2,3)35/h4-7,9-11,14,18,25H,8H2,1-3H3/t14-,18-/m1/s1. The third-order valence-electron chi connectivity index (χ3n) is 7.03. The molecule has 4 aromatic rings. The number of hydrogen-bond acceptors (Lipinski definition) is 6. The minimum atomic E-state index is -3.06. The molecule has 2 atom stereocenters. The van der Waals surface area contributed by atoms with Gasteiger partial charge in [0.15, 0.2) is 5.82 Å². The van der Waals surface area contributed by atoms with Gasteiger partial charge in [-0.25, -0.2) is 13.9 Å². The minimum absolute atomic E-state index is 0.0700. The highest BCUT2D eigenvalue weighted by molar-refractivity contribution is 7.69. The maximum Gasteiger partial charge on any atom is 0.387 e. The molecule has 1 aliphatic carbocycles. The number of carbonyl (C=O) groups is 1. The summed E-state index contributed by atoms with van der Waals surface area (Å²) in [6.45, 7) is 0.0860. The van der Waals surface area contributed by atoms with Crippen LogP contribution in [0.3, 0.4) is 0 Å². The van der Waals surface area contributed by atoms with Gasteiger partial charge in [0.25, 0.3) is 5.91 Å². The van der Waals surface area contributed by atoms with Crippen LogP contribution in [0.5, 0.6) is 5.75 Å². The Kier molecular flexibility index (Phi) is 5.21. The first-order chi connectivity index (χ1) is 17.5. The molecular formula is C25H21F3N5O3P. The van der Waals surface area contributed by atoms with Gasteiger partial charge >= 0.3 is 6.61 Å². The van der Waals surface area contributed by atoms with E-state index in [0.717, 1.165) is 0 Å². The summed E-state index contributed by atoms with van der Waals surface area (Å²) in [6.07, 6.45) is 4.40. The monoisotopic (exact) mass is 527 g/mol. The number of alkyl halides is 2. The molecule has 6 rings (SSSR count). The molecule has 37 heavy (non-hydrogen) atoms. The molecule has 1 amide bonds. The molecule has 0 spiro atoms. The van der Waals surface area contributed by atoms with E-state index in [1.165, 1.54) is 35.2 Å². The maximum atomic E-state index is 15.2. The summed E-state index contributed by atoms with van der Waals surface area (Å²) >= 11 is 0. The third kappa shape index (κ3) is 3.63. The van der Waals surface area contributed by atoms with Crippen LogP contribution < -0.4 is 10.2 Å². The van der Waals surface area contributed by atoms with Crippen LogP contribution in [0.15, 0.2) is 42.9 Å². The summed E-state index contributed by atoms with van der Waals surface area (Å²) < 4.78 is 60.3. The molecule has 12 heteroatoms. The number of aromatic nitrogens is 4. The normalized spacial score (nSPS) is 18.8. The number of nitrogens with zero attached hydrogens (tertiary/aromatic N) is 5. The van der Waals surface area contributed by atoms with E-state index in [1.807, 2.05) is 0 Å². The highest BCUT2D eigenvalue weighted by Crippen LogP contribution is 2.53. The topological polar surface area (TPSA) is 89.7 Å². The Morgan fingerprint density at radius 1 is 1.14 bits per heavy atom. The number of hydrogen-bond donors (Lipinski definition) is 0. The number of amides is 1. The Bertz CT molecular complexity index is 1630. The maximum absolute atomic E-state index is 15.2. The smallest absolute Gasteiger partial charge is 0.387 e. The second-order valence-corrected chi connectivity index (χ2v) is 12.8. The summed E-state index contributed by atoms with van der Waals surface area (Å²) in [6, 6.07) is 5.70. The Morgan fingerprint density at radius 3 is 2.59 bits per heavy atom. The molecule has 8 nitrogen and oxygen atoms in total. The molecular weight excluding hydrogens is 506 g/mol. The summed E-state index contributed by atoms with van der Waals surface area (Å²) in [5.41, 5.74) is 3.25. The first kappa shape index (κ1) is 23.7. The van der Waals surface area contributed by atoms with Crippen LogP contribution in [-0.2, 0) is 4.57 Å². The van der Waals surface area contributed by atoms with E-state index >= 15 is 4.39 Å². The lowest BCUT2D eigenvalue weighted by molar-refractivity contribution is -0.0505. The number of ether oxygens (including phenoxy) is 1. The zero-order chi connectivity index (χ0) is 26.2. The number of rotatable bonds is 4. The fraction of sp³-hybridized carbons (Fsp3) is 0.280. The van der Waals surface area contributed by atoms with Gasteiger partial charge < -0.3 is 14.2 Å². The predicted octanol–water partition coefficient (Wildman–Crippen LogP) is 4.44. The lowest BCUT2D eigenvalue weighted by Crippen LogP contribution is -2.30. The van der Waals surface area contributed by atoms with Crippen molar-refractivity contribution in [1.82, 2.24) is 24.5 Å². The number of fused-ring (bicyclic) bond motifs is 9. The van der Waals surface area contributed by atoms with E-state index < -0.39 is 31.5 Å². The van der Waals surface area contributed by atoms with Crippen molar-refractivity contribution in [2.45, 2.75) is 25.0 Å². The van der Waals surface area contributed by atoms with Crippen LogP contribution in [0.25, 0.3) is 16.8 Å². The summed E-state index contributed by atoms with van der Waals surface area (Å²) in [7, 11) is -0.993. The summed E-state index contributed by atoms with van der Waals surface area (Å²) in [5, 5.41) is 4.59. The van der Waals surface area contributed by atoms with E-state index in [4.69, 9.17) is 4.74 Å². The fourth-order valence-electron chi connectivity index (χ4n) is 5.32. The number of pyridine rings is 1. The van der Waals surface area contributed by atoms with E-state index in [2.05, 4.69) is 15.1 Å². The van der Waals surface area contributed by atoms with Crippen molar-refractivity contribution < 1.29 is 27.3 Å². The Balaban J connectivity index is 1.56. The number of halogens is 3. The molecule has 2 bridgehead atoms. The van der Waals surface area contributed by atoms with Gasteiger partial charge in [-0.2, -0.15) is 13.9 Å². The highest BCUT2D eigenvalue weighted by atomic mass is 31.2. The average molecular weight is 527 g/mol. The molecule has 0 unspecified atom stereocenters. The van der Waals surface area contributed by atoms with Crippen molar-refractivity contribution in [2.75, 3.05) is 20.4 Å². The van der Waals surface area contributed by atoms with Crippen LogP contribution in [0, 0.1) is 5.82 Å². The first-order valence-electron chi connectivity index (χ1n) is 11.5. The van der Waals surface area contributed by atoms with Gasteiger partial charge in [-0.1, -0.05) is 6.07 Å². The Hall–Kier alpha value is -3.72. The molecule has 0 radical (unpaired) electrons. The van der Waals surface area contributed by atoms with Gasteiger partial charge in [0.1, 0.15) is 18.3 Å². The van der Waals surface area contributed by atoms with E-state index in [9.17, 15) is 18.1 Å². The van der Waals surface area contributed by atoms with E-state index in [1.54, 1.807) is 37.4 Å². The number of benzene rings is 1. The molecule has 190 valence electrons. The van der Waals surface area contributed by atoms with Crippen molar-refractivity contribution in [3.8, 4) is 17.0 Å². The molecule has 0 saturated carbocycles. The van der Waals surface area contributed by atoms with Crippen LogP contribution in [0.2, 0.25) is 0 Å². The zero-order valence-electron chi connectivity index (χ0n) is 20.0. The predicted molar refractivity (Wildman–Crippen MR) is 130 cm³/mol. The lowest BCUT2D eigenvalue weighted by atomic mass is 9.88. The van der Waals surface area contributed by atoms with Crippen molar-refractivity contribution in [2.24, 2.45) is 0 Å².